The Hall–Kier alpha value is -12.1. The van der Waals surface area contributed by atoms with Crippen LogP contribution in [-0.4, -0.2) is 29.9 Å². The lowest BCUT2D eigenvalue weighted by atomic mass is 9.92. The summed E-state index contributed by atoms with van der Waals surface area (Å²) in [4.78, 5) is 25.7. The molecule has 8 heterocycles. The summed E-state index contributed by atoms with van der Waals surface area (Å²) in [5.74, 6) is 0. The Morgan fingerprint density at radius 2 is 0.596 bits per heavy atom. The Kier molecular flexibility index (Phi) is 20.4. The largest absolute Gasteiger partial charge is 0.265 e. The fourth-order valence-corrected chi connectivity index (χ4v) is 15.0. The van der Waals surface area contributed by atoms with E-state index in [4.69, 9.17) is 0 Å². The number of benzene rings is 8. The van der Waals surface area contributed by atoms with Gasteiger partial charge in [-0.3, -0.25) is 19.9 Å². The molecule has 10 heteroatoms. The van der Waals surface area contributed by atoms with E-state index in [0.29, 0.717) is 0 Å². The zero-order valence-corrected chi connectivity index (χ0v) is 62.7. The summed E-state index contributed by atoms with van der Waals surface area (Å²) in [7, 11) is 8.48. The molecular weight excluding hydrogens is 1270 g/mol. The van der Waals surface area contributed by atoms with Crippen LogP contribution in [0.15, 0.2) is 257 Å². The number of rotatable bonds is 8. The van der Waals surface area contributed by atoms with Crippen LogP contribution in [0.5, 0.6) is 0 Å². The summed E-state index contributed by atoms with van der Waals surface area (Å²) in [6.45, 7) is 26.3. The first kappa shape index (κ1) is 70.3. The number of aryl methyl sites for hydroxylation is 12. The van der Waals surface area contributed by atoms with Crippen LogP contribution in [0.1, 0.15) is 66.8 Å². The van der Waals surface area contributed by atoms with Crippen LogP contribution in [0.2, 0.25) is 0 Å². The van der Waals surface area contributed by atoms with Crippen LogP contribution in [0.3, 0.4) is 0 Å². The quantitative estimate of drug-likeness (QED) is 0.141. The maximum Gasteiger partial charge on any atom is 0.220 e. The van der Waals surface area contributed by atoms with Gasteiger partial charge in [-0.15, -0.1) is 0 Å². The molecule has 0 amide bonds. The minimum atomic E-state index is 0.898. The van der Waals surface area contributed by atoms with Gasteiger partial charge in [-0.05, 0) is 217 Å². The monoisotopic (exact) mass is 1360 g/mol. The van der Waals surface area contributed by atoms with Gasteiger partial charge in [-0.2, -0.15) is 0 Å². The van der Waals surface area contributed by atoms with Crippen LogP contribution in [-0.2, 0) is 28.2 Å². The molecule has 0 spiro atoms. The summed E-state index contributed by atoms with van der Waals surface area (Å²) in [5, 5.41) is 9.93. The molecule has 0 saturated carbocycles. The molecule has 0 atom stereocenters. The van der Waals surface area contributed by atoms with E-state index >= 15 is 0 Å². The zero-order chi connectivity index (χ0) is 73.0. The van der Waals surface area contributed by atoms with Gasteiger partial charge in [0.15, 0.2) is 24.8 Å². The van der Waals surface area contributed by atoms with Gasteiger partial charge in [0.2, 0.25) is 22.8 Å². The molecule has 0 aliphatic rings. The topological polar surface area (TPSA) is 92.9 Å². The molecule has 0 unspecified atom stereocenters. The van der Waals surface area contributed by atoms with E-state index in [2.05, 4.69) is 348 Å². The second-order valence-corrected chi connectivity index (χ2v) is 27.8. The van der Waals surface area contributed by atoms with Gasteiger partial charge >= 0.3 is 0 Å². The molecule has 0 fully saturated rings. The SMILES string of the molecule is Cc1cc(C)c(C)c(-c2c3cccc(-c4cccnc4)c3cc[n+]2C)c1.Cc1cc(C)c(C)c(-c2c3cccc(-c4ccncc4)c3cc[n+]2C)c1.Cc1cc(C)c(C)c(-c2c3cccc(-c4ccncn4)c3cc[n+]2C)c1.Cc1cc(C)c(C)c(-c2c3cccc(-c4cnccn4)c3cc[n+]2C)c1. The van der Waals surface area contributed by atoms with E-state index in [0.717, 1.165) is 28.1 Å². The lowest BCUT2D eigenvalue weighted by Crippen LogP contribution is -2.31. The lowest BCUT2D eigenvalue weighted by molar-refractivity contribution is -0.659. The molecule has 16 aromatic rings. The summed E-state index contributed by atoms with van der Waals surface area (Å²) >= 11 is 0. The highest BCUT2D eigenvalue weighted by Gasteiger charge is 2.25. The molecule has 16 rings (SSSR count). The zero-order valence-electron chi connectivity index (χ0n) is 62.7. The second kappa shape index (κ2) is 30.2. The molecule has 0 bridgehead atoms. The Morgan fingerprint density at radius 1 is 0.240 bits per heavy atom. The molecule has 0 aliphatic carbocycles. The molecule has 104 heavy (non-hydrogen) atoms. The third-order valence-corrected chi connectivity index (χ3v) is 20.6. The van der Waals surface area contributed by atoms with Crippen LogP contribution < -0.4 is 18.3 Å². The molecule has 512 valence electrons. The minimum absolute atomic E-state index is 0.898. The van der Waals surface area contributed by atoms with Crippen molar-refractivity contribution < 1.29 is 18.3 Å². The van der Waals surface area contributed by atoms with Gasteiger partial charge in [0.05, 0.1) is 61.4 Å². The predicted molar refractivity (Wildman–Crippen MR) is 428 cm³/mol. The van der Waals surface area contributed by atoms with Crippen molar-refractivity contribution in [2.24, 2.45) is 28.2 Å². The van der Waals surface area contributed by atoms with E-state index < -0.39 is 0 Å². The van der Waals surface area contributed by atoms with Crippen LogP contribution in [0.25, 0.3) is 133 Å². The highest BCUT2D eigenvalue weighted by molar-refractivity contribution is 6.05. The summed E-state index contributed by atoms with van der Waals surface area (Å²) in [5.41, 5.74) is 34.9. The Labute approximate surface area is 612 Å². The average molecular weight is 1360 g/mol. The molecule has 8 aromatic carbocycles. The molecular formula is C94H90N10+4. The van der Waals surface area contributed by atoms with Crippen molar-refractivity contribution in [3.05, 3.63) is 323 Å². The molecule has 10 nitrogen and oxygen atoms in total. The average Bonchev–Trinajstić information content (AvgIpc) is 0.778. The highest BCUT2D eigenvalue weighted by atomic mass is 14.9. The Balaban J connectivity index is 0.000000123. The molecule has 0 N–H and O–H groups in total. The number of fused-ring (bicyclic) bond motifs is 4. The van der Waals surface area contributed by atoms with Crippen molar-refractivity contribution in [2.75, 3.05) is 0 Å². The van der Waals surface area contributed by atoms with Gasteiger partial charge in [0, 0.05) is 106 Å². The number of hydrogen-bond donors (Lipinski definition) is 0. The molecule has 8 aromatic heterocycles. The third kappa shape index (κ3) is 14.2. The smallest absolute Gasteiger partial charge is 0.220 e. The number of nitrogens with zero attached hydrogens (tertiary/aromatic N) is 10. The summed E-state index contributed by atoms with van der Waals surface area (Å²) in [6, 6.07) is 63.1. The summed E-state index contributed by atoms with van der Waals surface area (Å²) < 4.78 is 8.90. The van der Waals surface area contributed by atoms with Gasteiger partial charge in [0.1, 0.15) is 34.5 Å². The van der Waals surface area contributed by atoms with Crippen molar-refractivity contribution >= 4 is 43.1 Å². The standard InChI is InChI=1S/2C24H23N2.2C23H22N3/c1-16-13-17(2)18(3)23(14-16)24-22-9-5-8-20(19-7-6-11-25-15-19)21(22)10-12-26(24)4;1-16-14-17(2)18(3)23(15-16)24-22-7-5-6-20(19-8-11-25-12-9-19)21(22)10-13-26(24)4;1-15-12-16(2)17(3)21(13-15)23-20-7-5-6-19(18(20)8-11-26(23)4)22-14-24-9-10-25-22;1-15-12-16(2)17(3)21(13-15)23-20-7-5-6-19(18(20)9-11-26(23)4)22-8-10-24-14-25-22/h2*5-15H,1-4H3;2*5-14H,1-4H3/q4*+1. The first-order valence-electron chi connectivity index (χ1n) is 35.6. The van der Waals surface area contributed by atoms with Gasteiger partial charge in [0.25, 0.3) is 0 Å². The van der Waals surface area contributed by atoms with Gasteiger partial charge in [-0.1, -0.05) is 101 Å². The number of aromatic nitrogens is 10. The number of pyridine rings is 6. The van der Waals surface area contributed by atoms with E-state index in [-0.39, 0.29) is 0 Å². The van der Waals surface area contributed by atoms with Crippen molar-refractivity contribution in [1.82, 2.24) is 29.9 Å². The fraction of sp³-hybridized carbons (Fsp3) is 0.170. The number of hydrogen-bond acceptors (Lipinski definition) is 6. The first-order chi connectivity index (χ1) is 50.2. The molecule has 0 radical (unpaired) electrons. The fourth-order valence-electron chi connectivity index (χ4n) is 15.0. The maximum atomic E-state index is 4.50. The third-order valence-electron chi connectivity index (χ3n) is 20.6. The second-order valence-electron chi connectivity index (χ2n) is 27.8. The summed E-state index contributed by atoms with van der Waals surface area (Å²) in [6.07, 6.45) is 24.7. The lowest BCUT2D eigenvalue weighted by Gasteiger charge is -2.13. The van der Waals surface area contributed by atoms with Crippen molar-refractivity contribution in [3.63, 3.8) is 0 Å². The van der Waals surface area contributed by atoms with E-state index in [1.54, 1.807) is 24.9 Å². The molecule has 0 saturated heterocycles. The van der Waals surface area contributed by atoms with E-state index in [9.17, 15) is 0 Å². The first-order valence-corrected chi connectivity index (χ1v) is 35.6. The van der Waals surface area contributed by atoms with Gasteiger partial charge < -0.3 is 0 Å². The Bertz CT molecular complexity index is 5180. The van der Waals surface area contributed by atoms with Crippen molar-refractivity contribution in [1.29, 1.82) is 0 Å². The predicted octanol–water partition coefficient (Wildman–Crippen LogP) is 20.1. The van der Waals surface area contributed by atoms with Crippen LogP contribution in [0, 0.1) is 83.1 Å². The highest BCUT2D eigenvalue weighted by Crippen LogP contribution is 2.40. The van der Waals surface area contributed by atoms with Crippen molar-refractivity contribution in [3.8, 4) is 89.8 Å². The molecule has 0 aliphatic heterocycles. The van der Waals surface area contributed by atoms with E-state index in [1.807, 2.05) is 43.1 Å². The normalized spacial score (nSPS) is 11.1. The Morgan fingerprint density at radius 3 is 0.952 bits per heavy atom. The van der Waals surface area contributed by atoms with E-state index in [1.165, 1.54) is 172 Å². The van der Waals surface area contributed by atoms with Crippen LogP contribution >= 0.6 is 0 Å². The maximum absolute atomic E-state index is 4.50. The van der Waals surface area contributed by atoms with Crippen LogP contribution in [0.4, 0.5) is 0 Å². The minimum Gasteiger partial charge on any atom is -0.265 e. The van der Waals surface area contributed by atoms with Crippen molar-refractivity contribution in [2.45, 2.75) is 83.1 Å². The van der Waals surface area contributed by atoms with Gasteiger partial charge in [-0.25, -0.2) is 28.2 Å².